The van der Waals surface area contributed by atoms with Crippen molar-refractivity contribution in [1.82, 2.24) is 19.2 Å². The van der Waals surface area contributed by atoms with E-state index < -0.39 is 15.6 Å². The SMILES string of the molecule is NS(=O)(=O)c1ccc(-c2cnc3ccc(-c4cn(C(c5ccccc5)(c5ccccc5)C5C=CC=CC5)nc4-c4ccc(F)cc4)cn23)cc1. The number of fused-ring (bicyclic) bond motifs is 1. The molecular weight excluding hydrogens is 646 g/mol. The van der Waals surface area contributed by atoms with Crippen LogP contribution in [0.4, 0.5) is 4.39 Å². The molecule has 0 saturated heterocycles. The summed E-state index contributed by atoms with van der Waals surface area (Å²) in [5, 5.41) is 10.8. The van der Waals surface area contributed by atoms with Gasteiger partial charge in [0.2, 0.25) is 10.0 Å². The van der Waals surface area contributed by atoms with Crippen molar-refractivity contribution >= 4 is 15.7 Å². The lowest BCUT2D eigenvalue weighted by Crippen LogP contribution is -2.43. The third-order valence-corrected chi connectivity index (χ3v) is 10.4. The molecule has 0 spiro atoms. The van der Waals surface area contributed by atoms with E-state index in [1.807, 2.05) is 34.9 Å². The van der Waals surface area contributed by atoms with E-state index in [-0.39, 0.29) is 16.6 Å². The van der Waals surface area contributed by atoms with Gasteiger partial charge in [-0.2, -0.15) is 5.10 Å². The van der Waals surface area contributed by atoms with E-state index in [9.17, 15) is 12.8 Å². The van der Waals surface area contributed by atoms with Gasteiger partial charge in [0.1, 0.15) is 22.7 Å². The summed E-state index contributed by atoms with van der Waals surface area (Å²) in [6, 6.07) is 37.7. The number of sulfonamides is 1. The molecule has 1 aliphatic rings. The van der Waals surface area contributed by atoms with Crippen LogP contribution in [0.3, 0.4) is 0 Å². The van der Waals surface area contributed by atoms with Crippen LogP contribution >= 0.6 is 0 Å². The molecule has 1 unspecified atom stereocenters. The number of rotatable bonds is 8. The number of imidazole rings is 1. The summed E-state index contributed by atoms with van der Waals surface area (Å²) in [5.74, 6) is -0.302. The highest BCUT2D eigenvalue weighted by atomic mass is 32.2. The molecule has 3 aromatic heterocycles. The fraction of sp³-hybridized carbons (Fsp3) is 0.0732. The van der Waals surface area contributed by atoms with E-state index in [1.165, 1.54) is 24.3 Å². The number of primary sulfonamides is 1. The molecule has 2 N–H and O–H groups in total. The maximum absolute atomic E-state index is 14.3. The highest BCUT2D eigenvalue weighted by Crippen LogP contribution is 2.46. The van der Waals surface area contributed by atoms with Crippen LogP contribution in [0.1, 0.15) is 17.5 Å². The number of pyridine rings is 1. The molecule has 0 amide bonds. The second kappa shape index (κ2) is 12.5. The van der Waals surface area contributed by atoms with E-state index >= 15 is 0 Å². The number of nitrogens with zero attached hydrogens (tertiary/aromatic N) is 4. The average molecular weight is 678 g/mol. The molecule has 0 saturated carbocycles. The van der Waals surface area contributed by atoms with Crippen LogP contribution in [-0.2, 0) is 15.6 Å². The molecule has 3 heterocycles. The Bertz CT molecular complexity index is 2450. The van der Waals surface area contributed by atoms with Crippen molar-refractivity contribution in [2.45, 2.75) is 16.9 Å². The normalized spacial score (nSPS) is 14.7. The summed E-state index contributed by atoms with van der Waals surface area (Å²) in [4.78, 5) is 4.66. The van der Waals surface area contributed by atoms with Gasteiger partial charge in [0.25, 0.3) is 0 Å². The molecular formula is C41H32FN5O2S. The van der Waals surface area contributed by atoms with Crippen LogP contribution < -0.4 is 5.14 Å². The smallest absolute Gasteiger partial charge is 0.238 e. The van der Waals surface area contributed by atoms with E-state index in [0.717, 1.165) is 51.1 Å². The molecule has 50 heavy (non-hydrogen) atoms. The summed E-state index contributed by atoms with van der Waals surface area (Å²) in [5.41, 5.74) is 6.93. The topological polar surface area (TPSA) is 95.3 Å². The van der Waals surface area contributed by atoms with Gasteiger partial charge >= 0.3 is 0 Å². The van der Waals surface area contributed by atoms with Crippen LogP contribution in [0.25, 0.3) is 39.3 Å². The summed E-state index contributed by atoms with van der Waals surface area (Å²) >= 11 is 0. The highest BCUT2D eigenvalue weighted by Gasteiger charge is 2.44. The minimum absolute atomic E-state index is 0.0224. The minimum Gasteiger partial charge on any atom is -0.299 e. The third kappa shape index (κ3) is 5.46. The lowest BCUT2D eigenvalue weighted by atomic mass is 9.70. The molecule has 9 heteroatoms. The van der Waals surface area contributed by atoms with Crippen molar-refractivity contribution in [2.24, 2.45) is 11.1 Å². The zero-order valence-corrected chi connectivity index (χ0v) is 27.7. The Morgan fingerprint density at radius 3 is 2.00 bits per heavy atom. The van der Waals surface area contributed by atoms with Gasteiger partial charge in [-0.3, -0.25) is 9.08 Å². The lowest BCUT2D eigenvalue weighted by Gasteiger charge is -2.41. The fourth-order valence-corrected chi connectivity index (χ4v) is 7.58. The highest BCUT2D eigenvalue weighted by molar-refractivity contribution is 7.89. The molecule has 7 aromatic rings. The van der Waals surface area contributed by atoms with Crippen LogP contribution in [0, 0.1) is 11.7 Å². The van der Waals surface area contributed by atoms with Crippen LogP contribution in [0.15, 0.2) is 169 Å². The molecule has 8 rings (SSSR count). The molecule has 7 nitrogen and oxygen atoms in total. The van der Waals surface area contributed by atoms with Crippen molar-refractivity contribution in [3.05, 3.63) is 181 Å². The number of halogens is 1. The van der Waals surface area contributed by atoms with Gasteiger partial charge in [-0.05, 0) is 66.1 Å². The molecule has 0 aliphatic heterocycles. The number of aromatic nitrogens is 4. The van der Waals surface area contributed by atoms with Gasteiger partial charge in [-0.25, -0.2) is 22.9 Å². The van der Waals surface area contributed by atoms with Crippen LogP contribution in [0.2, 0.25) is 0 Å². The van der Waals surface area contributed by atoms with Gasteiger partial charge in [-0.1, -0.05) is 97.1 Å². The summed E-state index contributed by atoms with van der Waals surface area (Å²) < 4.78 is 42.1. The first-order valence-electron chi connectivity index (χ1n) is 16.2. The van der Waals surface area contributed by atoms with E-state index in [0.29, 0.717) is 5.69 Å². The minimum atomic E-state index is -3.83. The lowest BCUT2D eigenvalue weighted by molar-refractivity contribution is 0.293. The van der Waals surface area contributed by atoms with Crippen molar-refractivity contribution in [2.75, 3.05) is 0 Å². The fourth-order valence-electron chi connectivity index (χ4n) is 7.06. The number of nitrogens with two attached hydrogens (primary N) is 1. The Morgan fingerprint density at radius 2 is 1.38 bits per heavy atom. The molecule has 1 aliphatic carbocycles. The first-order valence-corrected chi connectivity index (χ1v) is 17.8. The zero-order valence-electron chi connectivity index (χ0n) is 26.8. The van der Waals surface area contributed by atoms with Crippen molar-refractivity contribution in [1.29, 1.82) is 0 Å². The Morgan fingerprint density at radius 1 is 0.740 bits per heavy atom. The number of hydrogen-bond acceptors (Lipinski definition) is 4. The molecule has 246 valence electrons. The monoisotopic (exact) mass is 677 g/mol. The second-order valence-electron chi connectivity index (χ2n) is 12.4. The van der Waals surface area contributed by atoms with Gasteiger partial charge in [0.05, 0.1) is 16.8 Å². The summed E-state index contributed by atoms with van der Waals surface area (Å²) in [6.45, 7) is 0. The Kier molecular flexibility index (Phi) is 7.86. The molecule has 4 aromatic carbocycles. The van der Waals surface area contributed by atoms with Crippen LogP contribution in [-0.4, -0.2) is 27.6 Å². The predicted molar refractivity (Wildman–Crippen MR) is 194 cm³/mol. The number of benzene rings is 4. The number of hydrogen-bond donors (Lipinski definition) is 1. The Balaban J connectivity index is 1.37. The van der Waals surface area contributed by atoms with Gasteiger partial charge < -0.3 is 0 Å². The quantitative estimate of drug-likeness (QED) is 0.175. The van der Waals surface area contributed by atoms with E-state index in [1.54, 1.807) is 30.5 Å². The Labute approximate surface area is 289 Å². The molecule has 0 radical (unpaired) electrons. The first-order chi connectivity index (χ1) is 24.3. The summed E-state index contributed by atoms with van der Waals surface area (Å²) in [7, 11) is -3.83. The molecule has 0 fully saturated rings. The largest absolute Gasteiger partial charge is 0.299 e. The van der Waals surface area contributed by atoms with Gasteiger partial charge in [-0.15, -0.1) is 0 Å². The second-order valence-corrected chi connectivity index (χ2v) is 13.9. The zero-order chi connectivity index (χ0) is 34.3. The van der Waals surface area contributed by atoms with Crippen molar-refractivity contribution in [3.8, 4) is 33.6 Å². The van der Waals surface area contributed by atoms with E-state index in [2.05, 4.69) is 88.7 Å². The van der Waals surface area contributed by atoms with Gasteiger partial charge in [0.15, 0.2) is 0 Å². The summed E-state index contributed by atoms with van der Waals surface area (Å²) in [6.07, 6.45) is 15.3. The van der Waals surface area contributed by atoms with Crippen molar-refractivity contribution < 1.29 is 12.8 Å². The third-order valence-electron chi connectivity index (χ3n) is 9.43. The maximum Gasteiger partial charge on any atom is 0.238 e. The van der Waals surface area contributed by atoms with E-state index in [4.69, 9.17) is 10.2 Å². The molecule has 0 bridgehead atoms. The average Bonchev–Trinajstić information content (AvgIpc) is 3.79. The van der Waals surface area contributed by atoms with Crippen LogP contribution in [0.5, 0.6) is 0 Å². The van der Waals surface area contributed by atoms with Gasteiger partial charge in [0, 0.05) is 40.6 Å². The maximum atomic E-state index is 14.3. The Hall–Kier alpha value is -5.90. The number of allylic oxidation sites excluding steroid dienone is 4. The standard InChI is InChI=1S/C41H32FN5O2S/c42-35-21-16-30(17-22-35)40-37(31-20-25-39-44-26-38(46(39)27-31)29-18-23-36(24-19-29)50(43,48)49)28-47(45-40)41(32-10-4-1-5-11-32,33-12-6-2-7-13-33)34-14-8-3-9-15-34/h1-14,16-28,34H,15H2,(H2,43,48,49). The first kappa shape index (κ1) is 31.4. The molecule has 1 atom stereocenters. The van der Waals surface area contributed by atoms with Crippen molar-refractivity contribution in [3.63, 3.8) is 0 Å². The predicted octanol–water partition coefficient (Wildman–Crippen LogP) is 8.24.